The molecule has 0 saturated carbocycles. The van der Waals surface area contributed by atoms with Gasteiger partial charge in [-0.15, -0.1) is 0 Å². The van der Waals surface area contributed by atoms with Crippen LogP contribution in [0.1, 0.15) is 21.5 Å². The fourth-order valence-electron chi connectivity index (χ4n) is 1.94. The number of carbonyl (C=O) groups is 1. The maximum absolute atomic E-state index is 12.0. The maximum Gasteiger partial charge on any atom is 0.282 e. The SMILES string of the molecule is O=C(NCc1cccc(CO)c1)c1ccccc1[N+](=O)[O-]. The van der Waals surface area contributed by atoms with Crippen molar-refractivity contribution in [3.05, 3.63) is 75.3 Å². The lowest BCUT2D eigenvalue weighted by Gasteiger charge is -2.07. The Bertz CT molecular complexity index is 670. The van der Waals surface area contributed by atoms with E-state index in [0.717, 1.165) is 11.1 Å². The van der Waals surface area contributed by atoms with Gasteiger partial charge in [0.1, 0.15) is 5.56 Å². The fraction of sp³-hybridized carbons (Fsp3) is 0.133. The molecule has 0 aliphatic rings. The molecular weight excluding hydrogens is 272 g/mol. The molecule has 0 unspecified atom stereocenters. The van der Waals surface area contributed by atoms with Gasteiger partial charge in [-0.1, -0.05) is 36.4 Å². The van der Waals surface area contributed by atoms with E-state index in [4.69, 9.17) is 5.11 Å². The third-order valence-corrected chi connectivity index (χ3v) is 2.97. The summed E-state index contributed by atoms with van der Waals surface area (Å²) in [6, 6.07) is 12.9. The Kier molecular flexibility index (Phi) is 4.63. The number of para-hydroxylation sites is 1. The smallest absolute Gasteiger partial charge is 0.282 e. The number of nitrogens with zero attached hydrogens (tertiary/aromatic N) is 1. The van der Waals surface area contributed by atoms with Gasteiger partial charge in [-0.2, -0.15) is 0 Å². The average molecular weight is 286 g/mol. The zero-order valence-corrected chi connectivity index (χ0v) is 11.2. The molecule has 2 N–H and O–H groups in total. The molecule has 0 fully saturated rings. The van der Waals surface area contributed by atoms with Gasteiger partial charge in [0.15, 0.2) is 0 Å². The number of carbonyl (C=O) groups excluding carboxylic acids is 1. The predicted octanol–water partition coefficient (Wildman–Crippen LogP) is 2.02. The fourth-order valence-corrected chi connectivity index (χ4v) is 1.94. The molecule has 108 valence electrons. The van der Waals surface area contributed by atoms with E-state index in [1.165, 1.54) is 18.2 Å². The Morgan fingerprint density at radius 1 is 1.14 bits per heavy atom. The first kappa shape index (κ1) is 14.7. The summed E-state index contributed by atoms with van der Waals surface area (Å²) >= 11 is 0. The van der Waals surface area contributed by atoms with Crippen LogP contribution in [0.5, 0.6) is 0 Å². The highest BCUT2D eigenvalue weighted by Crippen LogP contribution is 2.17. The zero-order valence-electron chi connectivity index (χ0n) is 11.2. The van der Waals surface area contributed by atoms with Gasteiger partial charge in [0.05, 0.1) is 11.5 Å². The third-order valence-electron chi connectivity index (χ3n) is 2.97. The highest BCUT2D eigenvalue weighted by molar-refractivity contribution is 5.98. The molecule has 1 amide bonds. The molecule has 0 heterocycles. The molecule has 21 heavy (non-hydrogen) atoms. The Labute approximate surface area is 121 Å². The van der Waals surface area contributed by atoms with Crippen molar-refractivity contribution in [3.63, 3.8) is 0 Å². The summed E-state index contributed by atoms with van der Waals surface area (Å²) in [5.41, 5.74) is 1.36. The summed E-state index contributed by atoms with van der Waals surface area (Å²) in [6.07, 6.45) is 0. The van der Waals surface area contributed by atoms with Crippen LogP contribution in [0, 0.1) is 10.1 Å². The van der Waals surface area contributed by atoms with Crippen molar-refractivity contribution >= 4 is 11.6 Å². The van der Waals surface area contributed by atoms with E-state index in [1.54, 1.807) is 30.3 Å². The summed E-state index contributed by atoms with van der Waals surface area (Å²) in [5, 5.41) is 22.6. The number of hydrogen-bond acceptors (Lipinski definition) is 4. The molecule has 0 aliphatic heterocycles. The van der Waals surface area contributed by atoms with Crippen molar-refractivity contribution in [2.24, 2.45) is 0 Å². The van der Waals surface area contributed by atoms with E-state index >= 15 is 0 Å². The van der Waals surface area contributed by atoms with Gasteiger partial charge in [0, 0.05) is 12.6 Å². The van der Waals surface area contributed by atoms with Gasteiger partial charge in [-0.3, -0.25) is 14.9 Å². The molecule has 2 aromatic rings. The van der Waals surface area contributed by atoms with Crippen LogP contribution in [0.2, 0.25) is 0 Å². The van der Waals surface area contributed by atoms with Crippen LogP contribution in [-0.4, -0.2) is 15.9 Å². The number of nitrogens with one attached hydrogen (secondary N) is 1. The van der Waals surface area contributed by atoms with Crippen molar-refractivity contribution in [1.29, 1.82) is 0 Å². The van der Waals surface area contributed by atoms with Crippen LogP contribution < -0.4 is 5.32 Å². The van der Waals surface area contributed by atoms with Crippen LogP contribution in [-0.2, 0) is 13.2 Å². The first-order chi connectivity index (χ1) is 10.1. The Balaban J connectivity index is 2.10. The Morgan fingerprint density at radius 2 is 1.86 bits per heavy atom. The topological polar surface area (TPSA) is 92.5 Å². The monoisotopic (exact) mass is 286 g/mol. The van der Waals surface area contributed by atoms with Crippen LogP contribution >= 0.6 is 0 Å². The number of benzene rings is 2. The standard InChI is InChI=1S/C15H14N2O4/c18-10-12-5-3-4-11(8-12)9-16-15(19)13-6-1-2-7-14(13)17(20)21/h1-8,18H,9-10H2,(H,16,19). The van der Waals surface area contributed by atoms with Crippen molar-refractivity contribution in [3.8, 4) is 0 Å². The molecule has 0 aromatic heterocycles. The molecule has 0 bridgehead atoms. The van der Waals surface area contributed by atoms with E-state index < -0.39 is 10.8 Å². The van der Waals surface area contributed by atoms with E-state index in [-0.39, 0.29) is 24.4 Å². The van der Waals surface area contributed by atoms with Crippen LogP contribution in [0.15, 0.2) is 48.5 Å². The lowest BCUT2D eigenvalue weighted by atomic mass is 10.1. The van der Waals surface area contributed by atoms with Gasteiger partial charge in [-0.25, -0.2) is 0 Å². The molecule has 2 rings (SSSR count). The number of hydrogen-bond donors (Lipinski definition) is 2. The summed E-state index contributed by atoms with van der Waals surface area (Å²) in [7, 11) is 0. The summed E-state index contributed by atoms with van der Waals surface area (Å²) < 4.78 is 0. The Morgan fingerprint density at radius 3 is 2.57 bits per heavy atom. The van der Waals surface area contributed by atoms with Gasteiger partial charge in [0.2, 0.25) is 0 Å². The van der Waals surface area contributed by atoms with Crippen molar-refractivity contribution < 1.29 is 14.8 Å². The number of nitro benzene ring substituents is 1. The van der Waals surface area contributed by atoms with Gasteiger partial charge < -0.3 is 10.4 Å². The molecule has 6 heteroatoms. The molecule has 0 saturated heterocycles. The first-order valence-corrected chi connectivity index (χ1v) is 6.32. The Hall–Kier alpha value is -2.73. The summed E-state index contributed by atoms with van der Waals surface area (Å²) in [4.78, 5) is 22.3. The second kappa shape index (κ2) is 6.62. The minimum atomic E-state index is -0.582. The maximum atomic E-state index is 12.0. The van der Waals surface area contributed by atoms with E-state index in [9.17, 15) is 14.9 Å². The van der Waals surface area contributed by atoms with Crippen LogP contribution in [0.4, 0.5) is 5.69 Å². The molecule has 0 radical (unpaired) electrons. The first-order valence-electron chi connectivity index (χ1n) is 6.32. The average Bonchev–Trinajstić information content (AvgIpc) is 2.52. The second-order valence-corrected chi connectivity index (χ2v) is 4.44. The molecule has 6 nitrogen and oxygen atoms in total. The normalized spacial score (nSPS) is 10.1. The van der Waals surface area contributed by atoms with E-state index in [0.29, 0.717) is 0 Å². The van der Waals surface area contributed by atoms with Crippen LogP contribution in [0.25, 0.3) is 0 Å². The third kappa shape index (κ3) is 3.64. The minimum absolute atomic E-state index is 0.0285. The van der Waals surface area contributed by atoms with Crippen molar-refractivity contribution in [2.45, 2.75) is 13.2 Å². The lowest BCUT2D eigenvalue weighted by Crippen LogP contribution is -2.23. The number of aliphatic hydroxyl groups excluding tert-OH is 1. The molecule has 0 spiro atoms. The van der Waals surface area contributed by atoms with E-state index in [1.807, 2.05) is 0 Å². The van der Waals surface area contributed by atoms with E-state index in [2.05, 4.69) is 5.32 Å². The molecule has 0 atom stereocenters. The summed E-state index contributed by atoms with van der Waals surface area (Å²) in [5.74, 6) is -0.503. The van der Waals surface area contributed by atoms with Gasteiger partial charge >= 0.3 is 0 Å². The second-order valence-electron chi connectivity index (χ2n) is 4.44. The minimum Gasteiger partial charge on any atom is -0.392 e. The lowest BCUT2D eigenvalue weighted by molar-refractivity contribution is -0.385. The quantitative estimate of drug-likeness (QED) is 0.649. The number of amides is 1. The zero-order chi connectivity index (χ0) is 15.2. The molecular formula is C15H14N2O4. The predicted molar refractivity (Wildman–Crippen MR) is 76.6 cm³/mol. The van der Waals surface area contributed by atoms with Crippen molar-refractivity contribution in [2.75, 3.05) is 0 Å². The summed E-state index contributed by atoms with van der Waals surface area (Å²) in [6.45, 7) is 0.157. The highest BCUT2D eigenvalue weighted by atomic mass is 16.6. The largest absolute Gasteiger partial charge is 0.392 e. The van der Waals surface area contributed by atoms with Gasteiger partial charge in [0.25, 0.3) is 11.6 Å². The number of rotatable bonds is 5. The van der Waals surface area contributed by atoms with Crippen LogP contribution in [0.3, 0.4) is 0 Å². The number of aliphatic hydroxyl groups is 1. The highest BCUT2D eigenvalue weighted by Gasteiger charge is 2.18. The number of nitro groups is 1. The molecule has 0 aliphatic carbocycles. The molecule has 2 aromatic carbocycles. The van der Waals surface area contributed by atoms with Gasteiger partial charge in [-0.05, 0) is 17.2 Å². The van der Waals surface area contributed by atoms with Crippen molar-refractivity contribution in [1.82, 2.24) is 5.32 Å².